The molecule has 290 valence electrons. The molecule has 2 bridgehead atoms. The highest BCUT2D eigenvalue weighted by molar-refractivity contribution is 7.99. The maximum absolute atomic E-state index is 14.0. The highest BCUT2D eigenvalue weighted by Gasteiger charge is 2.50. The van der Waals surface area contributed by atoms with E-state index in [1.54, 1.807) is 13.2 Å². The molecule has 0 aromatic heterocycles. The number of aryl methyl sites for hydroxylation is 1. The summed E-state index contributed by atoms with van der Waals surface area (Å²) >= 11 is 6.49. The fourth-order valence-corrected chi connectivity index (χ4v) is 11.5. The van der Waals surface area contributed by atoms with Gasteiger partial charge < -0.3 is 24.4 Å². The third-order valence-corrected chi connectivity index (χ3v) is 15.7. The minimum Gasteiger partial charge on any atom is -0.490 e. The number of piperazine rings is 1. The standard InChI is InChI=1S/C41H57ClN4O6S/c1-28-7-5-16-41(49,26-44-17-18-45(19-20-51-3)38(47)24-44)35-12-9-32(35)23-46-25-40(15-6-8-30-21-33(42)11-13-34(30)40)27-52-37-14-10-31(22-36(37)46)39(48)43-53(4,50)29(28)2/h10-11,13-14,21-22,28-29,32,35,49H,4-9,12,15-20,23-27H2,1-3H3,(H,43,48,50)/t28-,29+,32-,35+,40-,41-,53?/m0/s1. The van der Waals surface area contributed by atoms with Crippen LogP contribution in [0.2, 0.25) is 5.02 Å². The van der Waals surface area contributed by atoms with Crippen LogP contribution >= 0.6 is 11.6 Å². The van der Waals surface area contributed by atoms with Gasteiger partial charge in [0.15, 0.2) is 0 Å². The van der Waals surface area contributed by atoms with Crippen LogP contribution in [0.25, 0.3) is 0 Å². The van der Waals surface area contributed by atoms with Gasteiger partial charge in [-0.15, -0.1) is 0 Å². The van der Waals surface area contributed by atoms with E-state index in [1.165, 1.54) is 11.1 Å². The fourth-order valence-electron chi connectivity index (χ4n) is 9.78. The number of fused-ring (bicyclic) bond motifs is 4. The van der Waals surface area contributed by atoms with Crippen molar-refractivity contribution in [2.75, 3.05) is 71.0 Å². The lowest BCUT2D eigenvalue weighted by molar-refractivity contribution is -0.142. The quantitative estimate of drug-likeness (QED) is 0.413. The number of rotatable bonds is 5. The molecule has 3 heterocycles. The van der Waals surface area contributed by atoms with Crippen molar-refractivity contribution in [2.45, 2.75) is 81.5 Å². The minimum atomic E-state index is -2.99. The summed E-state index contributed by atoms with van der Waals surface area (Å²) in [4.78, 5) is 33.3. The number of carbonyl (C=O) groups excluding carboxylic acids is 2. The number of hydrogen-bond donors (Lipinski definition) is 2. The average Bonchev–Trinajstić information content (AvgIpc) is 3.25. The molecule has 7 rings (SSSR count). The van der Waals surface area contributed by atoms with Crippen molar-refractivity contribution in [1.82, 2.24) is 14.5 Å². The first-order valence-electron chi connectivity index (χ1n) is 19.5. The van der Waals surface area contributed by atoms with E-state index in [0.29, 0.717) is 70.2 Å². The maximum atomic E-state index is 14.0. The molecule has 2 N–H and O–H groups in total. The predicted octanol–water partition coefficient (Wildman–Crippen LogP) is 4.93. The van der Waals surface area contributed by atoms with Crippen LogP contribution in [0.15, 0.2) is 36.4 Å². The van der Waals surface area contributed by atoms with Crippen LogP contribution in [0.1, 0.15) is 80.3 Å². The highest BCUT2D eigenvalue weighted by atomic mass is 35.5. The summed E-state index contributed by atoms with van der Waals surface area (Å²) in [5.74, 6) is 4.66. The van der Waals surface area contributed by atoms with E-state index in [2.05, 4.69) is 39.4 Å². The number of anilines is 1. The third kappa shape index (κ3) is 7.83. The molecule has 3 aliphatic heterocycles. The first-order chi connectivity index (χ1) is 25.3. The number of carbonyl (C=O) groups is 2. The molecule has 10 nitrogen and oxygen atoms in total. The summed E-state index contributed by atoms with van der Waals surface area (Å²) in [7, 11) is -1.34. The molecular formula is C41H57ClN4O6S. The van der Waals surface area contributed by atoms with Gasteiger partial charge in [0.2, 0.25) is 5.91 Å². The van der Waals surface area contributed by atoms with Crippen molar-refractivity contribution >= 4 is 44.7 Å². The molecule has 53 heavy (non-hydrogen) atoms. The summed E-state index contributed by atoms with van der Waals surface area (Å²) in [6.45, 7) is 8.97. The summed E-state index contributed by atoms with van der Waals surface area (Å²) < 4.78 is 28.7. The first-order valence-corrected chi connectivity index (χ1v) is 21.7. The van der Waals surface area contributed by atoms with Gasteiger partial charge in [0.1, 0.15) is 5.75 Å². The highest BCUT2D eigenvalue weighted by Crippen LogP contribution is 2.49. The van der Waals surface area contributed by atoms with Gasteiger partial charge in [-0.25, -0.2) is 4.21 Å². The second-order valence-corrected chi connectivity index (χ2v) is 19.5. The van der Waals surface area contributed by atoms with Gasteiger partial charge in [0.25, 0.3) is 5.91 Å². The van der Waals surface area contributed by atoms with Crippen molar-refractivity contribution in [3.05, 3.63) is 58.1 Å². The molecule has 2 fully saturated rings. The topological polar surface area (TPSA) is 112 Å². The Bertz CT molecular complexity index is 1810. The zero-order valence-electron chi connectivity index (χ0n) is 31.6. The molecule has 1 saturated heterocycles. The lowest BCUT2D eigenvalue weighted by atomic mass is 9.62. The molecule has 5 aliphatic rings. The molecule has 2 aliphatic carbocycles. The van der Waals surface area contributed by atoms with Crippen LogP contribution in [0, 0.1) is 17.8 Å². The van der Waals surface area contributed by atoms with E-state index in [4.69, 9.17) is 21.1 Å². The number of halogens is 1. The van der Waals surface area contributed by atoms with Gasteiger partial charge in [-0.05, 0) is 117 Å². The smallest absolute Gasteiger partial charge is 0.262 e. The van der Waals surface area contributed by atoms with Gasteiger partial charge in [-0.3, -0.25) is 19.2 Å². The van der Waals surface area contributed by atoms with E-state index in [-0.39, 0.29) is 40.9 Å². The number of hydrogen-bond acceptors (Lipinski definition) is 8. The van der Waals surface area contributed by atoms with Crippen LogP contribution in [0.4, 0.5) is 5.69 Å². The summed E-state index contributed by atoms with van der Waals surface area (Å²) in [5, 5.41) is 13.2. The summed E-state index contributed by atoms with van der Waals surface area (Å²) in [5.41, 5.74) is 2.49. The zero-order valence-corrected chi connectivity index (χ0v) is 33.2. The molecule has 0 radical (unpaired) electrons. The molecule has 1 unspecified atom stereocenters. The van der Waals surface area contributed by atoms with Crippen molar-refractivity contribution in [3.8, 4) is 5.75 Å². The lowest BCUT2D eigenvalue weighted by Gasteiger charge is -2.52. The number of aliphatic hydroxyl groups is 1. The zero-order chi connectivity index (χ0) is 37.5. The summed E-state index contributed by atoms with van der Waals surface area (Å²) in [6.07, 6.45) is 6.90. The Kier molecular flexibility index (Phi) is 11.1. The third-order valence-electron chi connectivity index (χ3n) is 13.3. The van der Waals surface area contributed by atoms with Crippen molar-refractivity contribution in [1.29, 1.82) is 0 Å². The molecule has 2 amide bonds. The van der Waals surface area contributed by atoms with Crippen LogP contribution in [-0.4, -0.2) is 114 Å². The largest absolute Gasteiger partial charge is 0.490 e. The maximum Gasteiger partial charge on any atom is 0.262 e. The Balaban J connectivity index is 1.24. The van der Waals surface area contributed by atoms with E-state index in [9.17, 15) is 18.9 Å². The number of nitrogens with one attached hydrogen (secondary N) is 1. The SMILES string of the molecule is C=S1(=O)NC(=O)c2ccc3c(c2)N(C[C@@H]2CC[C@H]2[C@@](O)(CN2CCN(CCOC)C(=O)C2)CCC[C@H](C)[C@H]1C)C[C@@]1(CCCc2cc(Cl)ccc21)CO3. The van der Waals surface area contributed by atoms with Gasteiger partial charge in [-0.2, -0.15) is 0 Å². The van der Waals surface area contributed by atoms with Crippen LogP contribution in [0.3, 0.4) is 0 Å². The second-order valence-electron chi connectivity index (χ2n) is 16.7. The molecule has 12 heteroatoms. The van der Waals surface area contributed by atoms with Crippen LogP contribution < -0.4 is 14.4 Å². The summed E-state index contributed by atoms with van der Waals surface area (Å²) in [6, 6.07) is 11.8. The number of β-amino-alcohol motifs (C(OH)–C–C–N with tert-alkyl or cyclic N) is 1. The number of nitrogens with zero attached hydrogens (tertiary/aromatic N) is 3. The van der Waals surface area contributed by atoms with Crippen LogP contribution in [-0.2, 0) is 31.1 Å². The Morgan fingerprint density at radius 3 is 2.68 bits per heavy atom. The Morgan fingerprint density at radius 2 is 1.92 bits per heavy atom. The van der Waals surface area contributed by atoms with Crippen molar-refractivity contribution in [3.63, 3.8) is 0 Å². The second kappa shape index (κ2) is 15.4. The molecular weight excluding hydrogens is 712 g/mol. The Morgan fingerprint density at radius 1 is 1.09 bits per heavy atom. The number of benzene rings is 2. The predicted molar refractivity (Wildman–Crippen MR) is 211 cm³/mol. The van der Waals surface area contributed by atoms with Gasteiger partial charge >= 0.3 is 0 Å². The van der Waals surface area contributed by atoms with Crippen LogP contribution in [0.5, 0.6) is 5.75 Å². The number of ether oxygens (including phenoxy) is 2. The molecule has 2 aromatic rings. The Hall–Kier alpha value is -2.83. The monoisotopic (exact) mass is 768 g/mol. The normalized spacial score (nSPS) is 34.0. The van der Waals surface area contributed by atoms with E-state index < -0.39 is 21.2 Å². The number of methoxy groups -OCH3 is 1. The lowest BCUT2D eigenvalue weighted by Crippen LogP contribution is -2.60. The fraction of sp³-hybridized carbons (Fsp3) is 0.634. The van der Waals surface area contributed by atoms with Crippen molar-refractivity contribution in [2.24, 2.45) is 17.8 Å². The minimum absolute atomic E-state index is 0.000860. The van der Waals surface area contributed by atoms with Crippen molar-refractivity contribution < 1.29 is 28.4 Å². The van der Waals surface area contributed by atoms with Gasteiger partial charge in [0.05, 0.1) is 40.8 Å². The van der Waals surface area contributed by atoms with Gasteiger partial charge in [0, 0.05) is 67.6 Å². The van der Waals surface area contributed by atoms with E-state index in [0.717, 1.165) is 55.7 Å². The van der Waals surface area contributed by atoms with Gasteiger partial charge in [-0.1, -0.05) is 31.0 Å². The molecule has 1 spiro atoms. The molecule has 1 saturated carbocycles. The van der Waals surface area contributed by atoms with E-state index in [1.807, 2.05) is 30.0 Å². The van der Waals surface area contributed by atoms with E-state index >= 15 is 0 Å². The Labute approximate surface area is 320 Å². The molecule has 7 atom stereocenters. The molecule has 2 aromatic carbocycles. The average molecular weight is 769 g/mol. The number of amides is 2. The first kappa shape index (κ1) is 38.4.